The Hall–Kier alpha value is 0.01000. The number of benzene rings is 1. The third-order valence-corrected chi connectivity index (χ3v) is 4.12. The van der Waals surface area contributed by atoms with Gasteiger partial charge in [0.1, 0.15) is 5.38 Å². The van der Waals surface area contributed by atoms with Gasteiger partial charge >= 0.3 is 0 Å². The number of halogens is 2. The summed E-state index contributed by atoms with van der Waals surface area (Å²) in [5.74, 6) is -0.0268. The van der Waals surface area contributed by atoms with Crippen LogP contribution in [0.15, 0.2) is 27.6 Å². The van der Waals surface area contributed by atoms with Gasteiger partial charge in [-0.05, 0) is 46.8 Å². The maximum absolute atomic E-state index is 11.1. The van der Waals surface area contributed by atoms with Gasteiger partial charge in [-0.3, -0.25) is 4.79 Å². The van der Waals surface area contributed by atoms with Crippen LogP contribution in [0.3, 0.4) is 0 Å². The molecule has 0 saturated carbocycles. The molecule has 1 aromatic carbocycles. The number of rotatable bonds is 3. The van der Waals surface area contributed by atoms with Crippen molar-refractivity contribution in [1.82, 2.24) is 0 Å². The molecule has 14 heavy (non-hydrogen) atoms. The van der Waals surface area contributed by atoms with Crippen molar-refractivity contribution in [2.75, 3.05) is 6.26 Å². The van der Waals surface area contributed by atoms with Gasteiger partial charge in [0.15, 0.2) is 5.78 Å². The molecule has 0 saturated heterocycles. The Morgan fingerprint density at radius 2 is 2.21 bits per heavy atom. The number of alkyl halides is 1. The normalized spacial score (nSPS) is 12.6. The van der Waals surface area contributed by atoms with Crippen LogP contribution in [0, 0.1) is 0 Å². The van der Waals surface area contributed by atoms with Gasteiger partial charge in [-0.25, -0.2) is 0 Å². The molecule has 0 fully saturated rings. The molecule has 0 heterocycles. The van der Waals surface area contributed by atoms with Gasteiger partial charge in [-0.15, -0.1) is 23.4 Å². The van der Waals surface area contributed by atoms with Crippen molar-refractivity contribution < 1.29 is 4.79 Å². The highest BCUT2D eigenvalue weighted by Crippen LogP contribution is 2.31. The fourth-order valence-electron chi connectivity index (χ4n) is 1.07. The first-order chi connectivity index (χ1) is 6.56. The molecular weight excluding hydrogens is 284 g/mol. The van der Waals surface area contributed by atoms with Crippen LogP contribution in [0.5, 0.6) is 0 Å². The summed E-state index contributed by atoms with van der Waals surface area (Å²) in [6.07, 6.45) is 1.99. The van der Waals surface area contributed by atoms with Crippen LogP contribution in [0.25, 0.3) is 0 Å². The minimum absolute atomic E-state index is 0.0268. The van der Waals surface area contributed by atoms with E-state index in [1.807, 2.05) is 24.5 Å². The van der Waals surface area contributed by atoms with Crippen molar-refractivity contribution in [3.05, 3.63) is 28.2 Å². The van der Waals surface area contributed by atoms with Crippen molar-refractivity contribution in [3.8, 4) is 0 Å². The van der Waals surface area contributed by atoms with Crippen molar-refractivity contribution in [2.24, 2.45) is 0 Å². The fourth-order valence-corrected chi connectivity index (χ4v) is 2.45. The van der Waals surface area contributed by atoms with Gasteiger partial charge < -0.3 is 0 Å². The monoisotopic (exact) mass is 292 g/mol. The Kier molecular flexibility index (Phi) is 4.48. The second-order valence-corrected chi connectivity index (χ2v) is 5.01. The summed E-state index contributed by atoms with van der Waals surface area (Å²) in [4.78, 5) is 12.2. The Balaban J connectivity index is 3.06. The van der Waals surface area contributed by atoms with E-state index in [-0.39, 0.29) is 5.78 Å². The summed E-state index contributed by atoms with van der Waals surface area (Å²) in [5, 5.41) is -0.533. The molecule has 4 heteroatoms. The number of ketones is 1. The molecule has 1 atom stereocenters. The van der Waals surface area contributed by atoms with Crippen LogP contribution >= 0.6 is 39.3 Å². The molecule has 0 spiro atoms. The number of thioether (sulfide) groups is 1. The number of Topliss-reactive ketones (excluding diaryl/α,β-unsaturated/α-hetero) is 1. The van der Waals surface area contributed by atoms with Crippen LogP contribution in [0.1, 0.15) is 17.9 Å². The molecule has 0 aliphatic carbocycles. The number of hydrogen-bond acceptors (Lipinski definition) is 2. The molecule has 0 aromatic heterocycles. The average molecular weight is 294 g/mol. The highest BCUT2D eigenvalue weighted by Gasteiger charge is 2.13. The SMILES string of the molecule is CSc1cc(C(Cl)C(C)=O)ccc1Br. The summed E-state index contributed by atoms with van der Waals surface area (Å²) in [6.45, 7) is 1.50. The van der Waals surface area contributed by atoms with E-state index in [1.54, 1.807) is 11.8 Å². The second kappa shape index (κ2) is 5.19. The van der Waals surface area contributed by atoms with E-state index in [0.717, 1.165) is 14.9 Å². The molecular formula is C10H10BrClOS. The molecule has 0 radical (unpaired) electrons. The summed E-state index contributed by atoms with van der Waals surface area (Å²) < 4.78 is 1.03. The van der Waals surface area contributed by atoms with Gasteiger partial charge in [0.05, 0.1) is 0 Å². The number of carbonyl (C=O) groups excluding carboxylic acids is 1. The lowest BCUT2D eigenvalue weighted by Crippen LogP contribution is -2.01. The first-order valence-corrected chi connectivity index (χ1v) is 6.49. The quantitative estimate of drug-likeness (QED) is 0.618. The van der Waals surface area contributed by atoms with Crippen LogP contribution in [-0.2, 0) is 4.79 Å². The molecule has 0 N–H and O–H groups in total. The fraction of sp³-hybridized carbons (Fsp3) is 0.300. The standard InChI is InChI=1S/C10H10BrClOS/c1-6(13)10(12)7-3-4-8(11)9(5-7)14-2/h3-5,10H,1-2H3. The molecule has 0 amide bonds. The number of hydrogen-bond donors (Lipinski definition) is 0. The summed E-state index contributed by atoms with van der Waals surface area (Å²) in [7, 11) is 0. The smallest absolute Gasteiger partial charge is 0.152 e. The summed E-state index contributed by atoms with van der Waals surface area (Å²) in [6, 6.07) is 5.72. The molecule has 1 unspecified atom stereocenters. The maximum atomic E-state index is 11.1. The van der Waals surface area contributed by atoms with Crippen molar-refractivity contribution in [1.29, 1.82) is 0 Å². The Labute approximate surface area is 101 Å². The van der Waals surface area contributed by atoms with Gasteiger partial charge in [0, 0.05) is 9.37 Å². The van der Waals surface area contributed by atoms with Gasteiger partial charge in [-0.2, -0.15) is 0 Å². The predicted molar refractivity (Wildman–Crippen MR) is 65.2 cm³/mol. The minimum atomic E-state index is -0.533. The molecule has 1 aromatic rings. The predicted octanol–water partition coefficient (Wildman–Crippen LogP) is 4.04. The Morgan fingerprint density at radius 3 is 2.71 bits per heavy atom. The van der Waals surface area contributed by atoms with E-state index >= 15 is 0 Å². The summed E-state index contributed by atoms with van der Waals surface area (Å²) in [5.41, 5.74) is 0.853. The van der Waals surface area contributed by atoms with Crippen molar-refractivity contribution >= 4 is 45.1 Å². The van der Waals surface area contributed by atoms with E-state index in [4.69, 9.17) is 11.6 Å². The highest BCUT2D eigenvalue weighted by atomic mass is 79.9. The highest BCUT2D eigenvalue weighted by molar-refractivity contribution is 9.10. The van der Waals surface area contributed by atoms with E-state index in [9.17, 15) is 4.79 Å². The molecule has 0 aliphatic rings. The Bertz CT molecular complexity index is 354. The van der Waals surface area contributed by atoms with Crippen molar-refractivity contribution in [3.63, 3.8) is 0 Å². The van der Waals surface area contributed by atoms with E-state index in [2.05, 4.69) is 15.9 Å². The first kappa shape index (κ1) is 12.1. The zero-order valence-corrected chi connectivity index (χ0v) is 11.0. The van der Waals surface area contributed by atoms with E-state index in [0.29, 0.717) is 0 Å². The number of carbonyl (C=O) groups is 1. The lowest BCUT2D eigenvalue weighted by atomic mass is 10.1. The molecule has 1 rings (SSSR count). The second-order valence-electron chi connectivity index (χ2n) is 2.87. The molecule has 76 valence electrons. The van der Waals surface area contributed by atoms with Crippen molar-refractivity contribution in [2.45, 2.75) is 17.2 Å². The maximum Gasteiger partial charge on any atom is 0.152 e. The van der Waals surface area contributed by atoms with Crippen LogP contribution in [0.2, 0.25) is 0 Å². The molecule has 0 aliphatic heterocycles. The molecule has 1 nitrogen and oxygen atoms in total. The minimum Gasteiger partial charge on any atom is -0.298 e. The van der Waals surface area contributed by atoms with Gasteiger partial charge in [0.25, 0.3) is 0 Å². The van der Waals surface area contributed by atoms with E-state index in [1.165, 1.54) is 6.92 Å². The topological polar surface area (TPSA) is 17.1 Å². The zero-order chi connectivity index (χ0) is 10.7. The van der Waals surface area contributed by atoms with Crippen LogP contribution < -0.4 is 0 Å². The lowest BCUT2D eigenvalue weighted by molar-refractivity contribution is -0.116. The van der Waals surface area contributed by atoms with Gasteiger partial charge in [0.2, 0.25) is 0 Å². The average Bonchev–Trinajstić information content (AvgIpc) is 2.17. The first-order valence-electron chi connectivity index (χ1n) is 4.04. The Morgan fingerprint density at radius 1 is 1.57 bits per heavy atom. The lowest BCUT2D eigenvalue weighted by Gasteiger charge is -2.08. The largest absolute Gasteiger partial charge is 0.298 e. The third kappa shape index (κ3) is 2.75. The molecule has 0 bridgehead atoms. The third-order valence-electron chi connectivity index (χ3n) is 1.82. The van der Waals surface area contributed by atoms with E-state index < -0.39 is 5.38 Å². The van der Waals surface area contributed by atoms with Crippen LogP contribution in [0.4, 0.5) is 0 Å². The van der Waals surface area contributed by atoms with Crippen LogP contribution in [-0.4, -0.2) is 12.0 Å². The zero-order valence-electron chi connectivity index (χ0n) is 7.88. The van der Waals surface area contributed by atoms with Gasteiger partial charge in [-0.1, -0.05) is 6.07 Å². The summed E-state index contributed by atoms with van der Waals surface area (Å²) >= 11 is 11.0.